The molecule has 11 nitrogen and oxygen atoms in total. The molecule has 2 N–H and O–H groups in total. The molecule has 6 rings (SSSR count). The summed E-state index contributed by atoms with van der Waals surface area (Å²) in [6.07, 6.45) is 4.71. The molecule has 4 aliphatic rings. The van der Waals surface area contributed by atoms with Gasteiger partial charge in [-0.3, -0.25) is 34.7 Å². The Hall–Kier alpha value is -4.28. The number of carbonyl (C=O) groups is 5. The summed E-state index contributed by atoms with van der Waals surface area (Å²) >= 11 is 0. The summed E-state index contributed by atoms with van der Waals surface area (Å²) in [7, 11) is 0. The number of rotatable bonds is 5. The number of anilines is 2. The van der Waals surface area contributed by atoms with E-state index in [0.29, 0.717) is 43.5 Å². The Kier molecular flexibility index (Phi) is 6.49. The van der Waals surface area contributed by atoms with Gasteiger partial charge in [-0.05, 0) is 55.9 Å². The predicted molar refractivity (Wildman–Crippen MR) is 141 cm³/mol. The van der Waals surface area contributed by atoms with Crippen LogP contribution in [0.4, 0.5) is 16.3 Å². The minimum absolute atomic E-state index is 0.0168. The molecule has 3 saturated heterocycles. The Balaban J connectivity index is 1.19. The lowest BCUT2D eigenvalue weighted by Crippen LogP contribution is -2.52. The molecular weight excluding hydrogens is 500 g/mol. The highest BCUT2D eigenvalue weighted by molar-refractivity contribution is 6.23. The first kappa shape index (κ1) is 25.0. The quantitative estimate of drug-likeness (QED) is 0.566. The third-order valence-electron chi connectivity index (χ3n) is 8.18. The van der Waals surface area contributed by atoms with Crippen LogP contribution in [-0.4, -0.2) is 72.3 Å². The third kappa shape index (κ3) is 4.62. The molecule has 4 aliphatic heterocycles. The van der Waals surface area contributed by atoms with E-state index in [0.717, 1.165) is 31.5 Å². The van der Waals surface area contributed by atoms with Crippen LogP contribution in [0.25, 0.3) is 0 Å². The van der Waals surface area contributed by atoms with E-state index in [1.165, 1.54) is 0 Å². The molecule has 3 fully saturated rings. The van der Waals surface area contributed by atoms with Crippen molar-refractivity contribution in [3.8, 4) is 0 Å². The summed E-state index contributed by atoms with van der Waals surface area (Å²) in [5, 5.41) is 4.73. The second kappa shape index (κ2) is 10.1. The highest BCUT2D eigenvalue weighted by Crippen LogP contribution is 2.40. The van der Waals surface area contributed by atoms with Crippen molar-refractivity contribution >= 4 is 41.2 Å². The van der Waals surface area contributed by atoms with Crippen LogP contribution in [-0.2, 0) is 9.59 Å². The largest absolute Gasteiger partial charge is 0.371 e. The van der Waals surface area contributed by atoms with Gasteiger partial charge in [0.2, 0.25) is 11.8 Å². The summed E-state index contributed by atoms with van der Waals surface area (Å²) in [6, 6.07) is 9.01. The van der Waals surface area contributed by atoms with Crippen LogP contribution in [0.2, 0.25) is 0 Å². The summed E-state index contributed by atoms with van der Waals surface area (Å²) in [5.74, 6) is -1.46. The molecule has 0 saturated carbocycles. The van der Waals surface area contributed by atoms with Crippen molar-refractivity contribution in [3.63, 3.8) is 0 Å². The Bertz CT molecular complexity index is 1350. The SMILES string of the molecule is O=C1CCC(c2c(N3CCC(CN4CCCN(c5ccccn5)C4=O)CC3)ccc3c2C(=O)NC3=O)C(=O)N1. The topological polar surface area (TPSA) is 132 Å². The minimum Gasteiger partial charge on any atom is -0.371 e. The van der Waals surface area contributed by atoms with Crippen molar-refractivity contribution in [2.45, 2.75) is 38.0 Å². The van der Waals surface area contributed by atoms with E-state index in [9.17, 15) is 24.0 Å². The van der Waals surface area contributed by atoms with Crippen LogP contribution >= 0.6 is 0 Å². The molecule has 1 aromatic carbocycles. The average molecular weight is 531 g/mol. The summed E-state index contributed by atoms with van der Waals surface area (Å²) in [4.78, 5) is 73.2. The lowest BCUT2D eigenvalue weighted by atomic mass is 9.83. The number of hydrogen-bond acceptors (Lipinski definition) is 7. The van der Waals surface area contributed by atoms with Crippen molar-refractivity contribution in [1.82, 2.24) is 20.5 Å². The van der Waals surface area contributed by atoms with Crippen LogP contribution in [0.15, 0.2) is 36.5 Å². The number of aromatic nitrogens is 1. The first-order valence-corrected chi connectivity index (χ1v) is 13.5. The van der Waals surface area contributed by atoms with Gasteiger partial charge in [0, 0.05) is 56.6 Å². The number of amides is 6. The fourth-order valence-electron chi connectivity index (χ4n) is 6.22. The Morgan fingerprint density at radius 3 is 2.44 bits per heavy atom. The van der Waals surface area contributed by atoms with Gasteiger partial charge >= 0.3 is 6.03 Å². The summed E-state index contributed by atoms with van der Waals surface area (Å²) in [6.45, 7) is 3.41. The first-order chi connectivity index (χ1) is 18.9. The zero-order valence-electron chi connectivity index (χ0n) is 21.5. The minimum atomic E-state index is -0.689. The van der Waals surface area contributed by atoms with Gasteiger partial charge in [-0.25, -0.2) is 9.78 Å². The van der Waals surface area contributed by atoms with Crippen molar-refractivity contribution in [1.29, 1.82) is 0 Å². The van der Waals surface area contributed by atoms with E-state index >= 15 is 0 Å². The molecule has 5 heterocycles. The molecule has 1 aromatic heterocycles. The highest BCUT2D eigenvalue weighted by atomic mass is 16.2. The van der Waals surface area contributed by atoms with Crippen LogP contribution in [0.3, 0.4) is 0 Å². The molecule has 39 heavy (non-hydrogen) atoms. The zero-order valence-corrected chi connectivity index (χ0v) is 21.5. The third-order valence-corrected chi connectivity index (χ3v) is 8.18. The molecular formula is C28H30N6O5. The number of imide groups is 2. The maximum Gasteiger partial charge on any atom is 0.325 e. The molecule has 1 atom stereocenters. The van der Waals surface area contributed by atoms with Crippen molar-refractivity contribution < 1.29 is 24.0 Å². The molecule has 11 heteroatoms. The maximum absolute atomic E-state index is 13.2. The molecule has 0 radical (unpaired) electrons. The van der Waals surface area contributed by atoms with Crippen molar-refractivity contribution in [2.75, 3.05) is 42.5 Å². The average Bonchev–Trinajstić information content (AvgIpc) is 3.23. The van der Waals surface area contributed by atoms with Crippen molar-refractivity contribution in [3.05, 3.63) is 53.2 Å². The number of nitrogens with zero attached hydrogens (tertiary/aromatic N) is 4. The second-order valence-electron chi connectivity index (χ2n) is 10.6. The van der Waals surface area contributed by atoms with Gasteiger partial charge in [0.15, 0.2) is 0 Å². The zero-order chi connectivity index (χ0) is 27.1. The number of fused-ring (bicyclic) bond motifs is 1. The highest BCUT2D eigenvalue weighted by Gasteiger charge is 2.40. The van der Waals surface area contributed by atoms with E-state index in [-0.39, 0.29) is 35.9 Å². The van der Waals surface area contributed by atoms with Crippen LogP contribution in [0.5, 0.6) is 0 Å². The Morgan fingerprint density at radius 1 is 0.872 bits per heavy atom. The van der Waals surface area contributed by atoms with Gasteiger partial charge in [-0.15, -0.1) is 0 Å². The molecule has 1 unspecified atom stereocenters. The summed E-state index contributed by atoms with van der Waals surface area (Å²) < 4.78 is 0. The summed E-state index contributed by atoms with van der Waals surface area (Å²) in [5.41, 5.74) is 1.78. The number of piperidine rings is 2. The fraction of sp³-hybridized carbons (Fsp3) is 0.429. The van der Waals surface area contributed by atoms with E-state index in [1.54, 1.807) is 17.2 Å². The lowest BCUT2D eigenvalue weighted by molar-refractivity contribution is -0.134. The van der Waals surface area contributed by atoms with Gasteiger partial charge in [0.25, 0.3) is 11.8 Å². The molecule has 6 amide bonds. The number of benzene rings is 1. The van der Waals surface area contributed by atoms with Gasteiger partial charge in [0.1, 0.15) is 5.82 Å². The molecule has 202 valence electrons. The fourth-order valence-corrected chi connectivity index (χ4v) is 6.22. The van der Waals surface area contributed by atoms with Crippen LogP contribution in [0.1, 0.15) is 64.3 Å². The lowest BCUT2D eigenvalue weighted by Gasteiger charge is -2.40. The van der Waals surface area contributed by atoms with Crippen LogP contribution < -0.4 is 20.4 Å². The first-order valence-electron chi connectivity index (χ1n) is 13.5. The number of hydrogen-bond donors (Lipinski definition) is 2. The smallest absolute Gasteiger partial charge is 0.325 e. The Labute approximate surface area is 225 Å². The van der Waals surface area contributed by atoms with Crippen molar-refractivity contribution in [2.24, 2.45) is 5.92 Å². The second-order valence-corrected chi connectivity index (χ2v) is 10.6. The molecule has 0 spiro atoms. The number of nitrogens with one attached hydrogen (secondary N) is 2. The van der Waals surface area contributed by atoms with E-state index in [4.69, 9.17) is 0 Å². The number of urea groups is 1. The van der Waals surface area contributed by atoms with Gasteiger partial charge < -0.3 is 9.80 Å². The van der Waals surface area contributed by atoms with Crippen LogP contribution in [0, 0.1) is 5.92 Å². The molecule has 0 bridgehead atoms. The normalized spacial score (nSPS) is 22.2. The van der Waals surface area contributed by atoms with Gasteiger partial charge in [-0.2, -0.15) is 0 Å². The molecule has 2 aromatic rings. The van der Waals surface area contributed by atoms with Gasteiger partial charge in [0.05, 0.1) is 17.0 Å². The predicted octanol–water partition coefficient (Wildman–Crippen LogP) is 2.03. The monoisotopic (exact) mass is 530 g/mol. The number of carbonyl (C=O) groups excluding carboxylic acids is 5. The number of pyridine rings is 1. The standard InChI is InChI=1S/C28H30N6O5/c35-22-8-6-18(25(36)30-22)23-20(7-5-19-24(23)27(38)31-26(19)37)32-14-9-17(10-15-32)16-33-12-3-13-34(28(33)39)21-4-1-2-11-29-21/h1-2,4-5,7,11,17-18H,3,6,8-10,12-16H2,(H,30,35,36)(H,31,37,38). The van der Waals surface area contributed by atoms with Gasteiger partial charge in [-0.1, -0.05) is 6.07 Å². The van der Waals surface area contributed by atoms with E-state index in [1.807, 2.05) is 29.2 Å². The Morgan fingerprint density at radius 2 is 1.69 bits per heavy atom. The molecule has 0 aliphatic carbocycles. The van der Waals surface area contributed by atoms with E-state index in [2.05, 4.69) is 20.5 Å². The van der Waals surface area contributed by atoms with E-state index < -0.39 is 23.6 Å². The maximum atomic E-state index is 13.2.